The molecule has 0 radical (unpaired) electrons. The minimum Gasteiger partial charge on any atom is -0.461 e. The monoisotopic (exact) mass is 206 g/mol. The molecule has 0 bridgehead atoms. The van der Waals surface area contributed by atoms with Crippen LogP contribution in [0.3, 0.4) is 0 Å². The van der Waals surface area contributed by atoms with E-state index in [1.165, 1.54) is 6.92 Å². The van der Waals surface area contributed by atoms with Gasteiger partial charge in [-0.05, 0) is 18.4 Å². The molecule has 1 aliphatic rings. The van der Waals surface area contributed by atoms with Crippen molar-refractivity contribution < 1.29 is 9.53 Å². The molecule has 2 unspecified atom stereocenters. The lowest BCUT2D eigenvalue weighted by molar-refractivity contribution is -0.139. The number of hydrogen-bond donors (Lipinski definition) is 0. The third-order valence-electron chi connectivity index (χ3n) is 2.45. The van der Waals surface area contributed by atoms with Gasteiger partial charge in [-0.25, -0.2) is 0 Å². The van der Waals surface area contributed by atoms with Gasteiger partial charge in [0.2, 0.25) is 0 Å². The highest BCUT2D eigenvalue weighted by Gasteiger charge is 2.11. The zero-order valence-corrected chi connectivity index (χ0v) is 9.57. The van der Waals surface area contributed by atoms with Gasteiger partial charge in [-0.15, -0.1) is 0 Å². The summed E-state index contributed by atoms with van der Waals surface area (Å²) >= 11 is 0. The van der Waals surface area contributed by atoms with Crippen LogP contribution in [0, 0.1) is 11.8 Å². The Hall–Kier alpha value is -1.31. The van der Waals surface area contributed by atoms with Crippen molar-refractivity contribution in [3.8, 4) is 0 Å². The Morgan fingerprint density at radius 3 is 2.60 bits per heavy atom. The number of esters is 1. The molecule has 0 aromatic carbocycles. The first-order valence-corrected chi connectivity index (χ1v) is 5.25. The number of hydrogen-bond acceptors (Lipinski definition) is 2. The molecule has 1 rings (SSSR count). The van der Waals surface area contributed by atoms with Crippen LogP contribution < -0.4 is 0 Å². The molecular weight excluding hydrogens is 188 g/mol. The van der Waals surface area contributed by atoms with E-state index < -0.39 is 0 Å². The molecule has 15 heavy (non-hydrogen) atoms. The predicted octanol–water partition coefficient (Wildman–Crippen LogP) is 2.87. The Kier molecular flexibility index (Phi) is 4.35. The van der Waals surface area contributed by atoms with Crippen LogP contribution >= 0.6 is 0 Å². The van der Waals surface area contributed by atoms with Gasteiger partial charge in [0.25, 0.3) is 0 Å². The molecule has 0 heterocycles. The van der Waals surface area contributed by atoms with Crippen LogP contribution in [-0.2, 0) is 9.53 Å². The summed E-state index contributed by atoms with van der Waals surface area (Å²) < 4.78 is 4.93. The van der Waals surface area contributed by atoms with Gasteiger partial charge in [0.1, 0.15) is 6.61 Å². The van der Waals surface area contributed by atoms with Crippen molar-refractivity contribution in [2.24, 2.45) is 11.8 Å². The van der Waals surface area contributed by atoms with Crippen LogP contribution in [0.1, 0.15) is 20.8 Å². The summed E-state index contributed by atoms with van der Waals surface area (Å²) in [6, 6.07) is 0. The zero-order chi connectivity index (χ0) is 11.3. The molecule has 0 spiro atoms. The molecule has 0 amide bonds. The van der Waals surface area contributed by atoms with Crippen LogP contribution in [0.4, 0.5) is 0 Å². The van der Waals surface area contributed by atoms with Crippen molar-refractivity contribution in [3.05, 3.63) is 36.0 Å². The van der Waals surface area contributed by atoms with Crippen molar-refractivity contribution in [1.82, 2.24) is 0 Å². The summed E-state index contributed by atoms with van der Waals surface area (Å²) in [5, 5.41) is 0. The van der Waals surface area contributed by atoms with Crippen LogP contribution in [0.25, 0.3) is 0 Å². The fraction of sp³-hybridized carbons (Fsp3) is 0.462. The van der Waals surface area contributed by atoms with E-state index in [-0.39, 0.29) is 5.97 Å². The van der Waals surface area contributed by atoms with E-state index in [0.29, 0.717) is 18.4 Å². The second-order valence-corrected chi connectivity index (χ2v) is 4.00. The Morgan fingerprint density at radius 2 is 2.00 bits per heavy atom. The number of rotatable bonds is 3. The molecule has 0 aliphatic heterocycles. The minimum absolute atomic E-state index is 0.227. The van der Waals surface area contributed by atoms with Gasteiger partial charge < -0.3 is 4.74 Å². The molecule has 1 aliphatic carbocycles. The minimum atomic E-state index is -0.227. The van der Waals surface area contributed by atoms with E-state index in [0.717, 1.165) is 5.57 Å². The van der Waals surface area contributed by atoms with E-state index in [4.69, 9.17) is 4.74 Å². The SMILES string of the molecule is CC(=O)OC/C(C)=C/C1C=CC=CC1C. The van der Waals surface area contributed by atoms with E-state index in [9.17, 15) is 4.79 Å². The summed E-state index contributed by atoms with van der Waals surface area (Å²) in [5.41, 5.74) is 1.10. The maximum absolute atomic E-state index is 10.6. The van der Waals surface area contributed by atoms with Gasteiger partial charge >= 0.3 is 5.97 Å². The second-order valence-electron chi connectivity index (χ2n) is 4.00. The van der Waals surface area contributed by atoms with Crippen molar-refractivity contribution >= 4 is 5.97 Å². The van der Waals surface area contributed by atoms with Crippen LogP contribution in [-0.4, -0.2) is 12.6 Å². The summed E-state index contributed by atoms with van der Waals surface area (Å²) in [5.74, 6) is 0.711. The lowest BCUT2D eigenvalue weighted by Crippen LogP contribution is -2.08. The largest absolute Gasteiger partial charge is 0.461 e. The molecule has 2 atom stereocenters. The number of carbonyl (C=O) groups excluding carboxylic acids is 1. The van der Waals surface area contributed by atoms with Gasteiger partial charge in [0.15, 0.2) is 0 Å². The van der Waals surface area contributed by atoms with E-state index in [1.54, 1.807) is 0 Å². The molecule has 0 saturated heterocycles. The summed E-state index contributed by atoms with van der Waals surface area (Å²) in [4.78, 5) is 10.6. The van der Waals surface area contributed by atoms with E-state index >= 15 is 0 Å². The second kappa shape index (κ2) is 5.54. The predicted molar refractivity (Wildman–Crippen MR) is 61.3 cm³/mol. The molecule has 0 aromatic rings. The molecule has 82 valence electrons. The third kappa shape index (κ3) is 4.15. The van der Waals surface area contributed by atoms with Crippen molar-refractivity contribution in [2.75, 3.05) is 6.61 Å². The first-order chi connectivity index (χ1) is 7.09. The molecule has 2 nitrogen and oxygen atoms in total. The highest BCUT2D eigenvalue weighted by Crippen LogP contribution is 2.21. The first kappa shape index (κ1) is 11.8. The van der Waals surface area contributed by atoms with Crippen molar-refractivity contribution in [2.45, 2.75) is 20.8 Å². The quantitative estimate of drug-likeness (QED) is 0.524. The Balaban J connectivity index is 2.50. The van der Waals surface area contributed by atoms with Crippen molar-refractivity contribution in [3.63, 3.8) is 0 Å². The van der Waals surface area contributed by atoms with Gasteiger partial charge in [0, 0.05) is 12.8 Å². The fourth-order valence-corrected chi connectivity index (χ4v) is 1.53. The van der Waals surface area contributed by atoms with Gasteiger partial charge in [0.05, 0.1) is 0 Å². The average Bonchev–Trinajstić information content (AvgIpc) is 2.18. The van der Waals surface area contributed by atoms with Crippen LogP contribution in [0.5, 0.6) is 0 Å². The fourth-order valence-electron chi connectivity index (χ4n) is 1.53. The molecule has 0 saturated carbocycles. The number of carbonyl (C=O) groups is 1. The highest BCUT2D eigenvalue weighted by atomic mass is 16.5. The average molecular weight is 206 g/mol. The summed E-state index contributed by atoms with van der Waals surface area (Å²) in [7, 11) is 0. The highest BCUT2D eigenvalue weighted by molar-refractivity contribution is 5.66. The lowest BCUT2D eigenvalue weighted by Gasteiger charge is -2.17. The first-order valence-electron chi connectivity index (χ1n) is 5.25. The molecule has 0 fully saturated rings. The van der Waals surface area contributed by atoms with Gasteiger partial charge in [-0.2, -0.15) is 0 Å². The Morgan fingerprint density at radius 1 is 1.33 bits per heavy atom. The topological polar surface area (TPSA) is 26.3 Å². The molecule has 0 aromatic heterocycles. The Bertz CT molecular complexity index is 310. The standard InChI is InChI=1S/C13H18O2/c1-10(9-15-12(3)14)8-13-7-5-4-6-11(13)2/h4-8,11,13H,9H2,1-3H3/b10-8+. The maximum Gasteiger partial charge on any atom is 0.302 e. The molecule has 2 heteroatoms. The third-order valence-corrected chi connectivity index (χ3v) is 2.45. The molecule has 0 N–H and O–H groups in total. The van der Waals surface area contributed by atoms with E-state index in [2.05, 4.69) is 37.3 Å². The van der Waals surface area contributed by atoms with Crippen LogP contribution in [0.2, 0.25) is 0 Å². The van der Waals surface area contributed by atoms with Gasteiger partial charge in [-0.3, -0.25) is 4.79 Å². The lowest BCUT2D eigenvalue weighted by atomic mass is 9.89. The summed E-state index contributed by atoms with van der Waals surface area (Å²) in [6.45, 7) is 6.00. The normalized spacial score (nSPS) is 25.4. The van der Waals surface area contributed by atoms with Crippen molar-refractivity contribution in [1.29, 1.82) is 0 Å². The maximum atomic E-state index is 10.6. The zero-order valence-electron chi connectivity index (χ0n) is 9.57. The summed E-state index contributed by atoms with van der Waals surface area (Å²) in [6.07, 6.45) is 10.6. The smallest absolute Gasteiger partial charge is 0.302 e. The Labute approximate surface area is 91.3 Å². The van der Waals surface area contributed by atoms with E-state index in [1.807, 2.05) is 6.92 Å². The van der Waals surface area contributed by atoms with Crippen LogP contribution in [0.15, 0.2) is 36.0 Å². The number of allylic oxidation sites excluding steroid dienone is 5. The number of ether oxygens (including phenoxy) is 1. The molecular formula is C13H18O2. The van der Waals surface area contributed by atoms with Gasteiger partial charge in [-0.1, -0.05) is 37.3 Å².